The fourth-order valence-corrected chi connectivity index (χ4v) is 4.07. The van der Waals surface area contributed by atoms with E-state index < -0.39 is 5.91 Å². The van der Waals surface area contributed by atoms with Crippen LogP contribution in [-0.4, -0.2) is 34.2 Å². The van der Waals surface area contributed by atoms with Crippen molar-refractivity contribution in [3.05, 3.63) is 46.7 Å². The van der Waals surface area contributed by atoms with Gasteiger partial charge < -0.3 is 20.0 Å². The molecule has 1 amide bonds. The Hall–Kier alpha value is -1.77. The molecule has 0 aliphatic heterocycles. The number of nitrogens with one attached hydrogen (secondary N) is 1. The number of benzene rings is 1. The number of phenols is 1. The second-order valence-corrected chi connectivity index (χ2v) is 7.86. The van der Waals surface area contributed by atoms with Gasteiger partial charge in [-0.2, -0.15) is 0 Å². The van der Waals surface area contributed by atoms with E-state index in [1.54, 1.807) is 23.1 Å². The number of furan rings is 1. The third-order valence-corrected chi connectivity index (χ3v) is 5.86. The van der Waals surface area contributed by atoms with E-state index in [9.17, 15) is 9.90 Å². The zero-order valence-electron chi connectivity index (χ0n) is 13.4. The van der Waals surface area contributed by atoms with Crippen molar-refractivity contribution in [1.82, 2.24) is 5.32 Å². The second-order valence-electron chi connectivity index (χ2n) is 5.06. The Labute approximate surface area is 158 Å². The van der Waals surface area contributed by atoms with Crippen molar-refractivity contribution in [2.75, 3.05) is 12.3 Å². The van der Waals surface area contributed by atoms with Crippen LogP contribution >= 0.6 is 33.2 Å². The first-order chi connectivity index (χ1) is 12.0. The molecular weight excluding hydrogens is 384 g/mol. The number of amides is 1. The topological polar surface area (TPSA) is 95.1 Å². The molecule has 0 saturated heterocycles. The second kappa shape index (κ2) is 9.65. The molecule has 2 aromatic rings. The number of hydrogen-bond donors (Lipinski definition) is 3. The Balaban J connectivity index is 1.76. The van der Waals surface area contributed by atoms with Gasteiger partial charge in [-0.1, -0.05) is 33.6 Å². The number of oxime groups is 1. The zero-order valence-corrected chi connectivity index (χ0v) is 15.7. The van der Waals surface area contributed by atoms with Crippen LogP contribution < -0.4 is 5.32 Å². The lowest BCUT2D eigenvalue weighted by atomic mass is 10.1. The Morgan fingerprint density at radius 2 is 2.20 bits per heavy atom. The summed E-state index contributed by atoms with van der Waals surface area (Å²) in [6, 6.07) is 6.45. The van der Waals surface area contributed by atoms with Crippen molar-refractivity contribution in [1.29, 1.82) is 0 Å². The largest absolute Gasteiger partial charge is 0.506 e. The van der Waals surface area contributed by atoms with E-state index in [0.717, 1.165) is 10.7 Å². The molecule has 6 nitrogen and oxygen atoms in total. The molecule has 1 aromatic carbocycles. The van der Waals surface area contributed by atoms with Gasteiger partial charge in [-0.25, -0.2) is 0 Å². The van der Waals surface area contributed by atoms with E-state index >= 15 is 0 Å². The first-order valence-corrected chi connectivity index (χ1v) is 10.0. The predicted molar refractivity (Wildman–Crippen MR) is 101 cm³/mol. The molecule has 0 spiro atoms. The predicted octanol–water partition coefficient (Wildman–Crippen LogP) is 3.88. The van der Waals surface area contributed by atoms with Crippen molar-refractivity contribution in [3.8, 4) is 5.75 Å². The van der Waals surface area contributed by atoms with E-state index in [1.807, 2.05) is 13.0 Å². The first kappa shape index (κ1) is 19.6. The van der Waals surface area contributed by atoms with E-state index in [1.165, 1.54) is 22.9 Å². The van der Waals surface area contributed by atoms with Gasteiger partial charge in [0.1, 0.15) is 11.5 Å². The summed E-state index contributed by atoms with van der Waals surface area (Å²) in [7, 11) is 3.06. The van der Waals surface area contributed by atoms with Gasteiger partial charge in [0.2, 0.25) is 0 Å². The Morgan fingerprint density at radius 3 is 2.84 bits per heavy atom. The van der Waals surface area contributed by atoms with E-state index in [-0.39, 0.29) is 22.9 Å². The lowest BCUT2D eigenvalue weighted by molar-refractivity contribution is -0.114. The molecule has 0 fully saturated rings. The van der Waals surface area contributed by atoms with Crippen LogP contribution in [0.4, 0.5) is 0 Å². The average Bonchev–Trinajstić information content (AvgIpc) is 3.00. The van der Waals surface area contributed by atoms with Gasteiger partial charge in [0, 0.05) is 24.3 Å². The van der Waals surface area contributed by atoms with E-state index in [0.29, 0.717) is 17.9 Å². The highest BCUT2D eigenvalue weighted by molar-refractivity contribution is 8.76. The zero-order chi connectivity index (χ0) is 18.2. The number of aryl methyl sites for hydroxylation is 1. The van der Waals surface area contributed by atoms with E-state index in [2.05, 4.69) is 10.5 Å². The maximum absolute atomic E-state index is 12.1. The van der Waals surface area contributed by atoms with Crippen LogP contribution in [-0.2, 0) is 11.2 Å². The number of aromatic hydroxyl groups is 1. The maximum Gasteiger partial charge on any atom is 0.269 e. The SMILES string of the molecule is Cc1ccoc1SSCCNC(=O)/C(Cc1ccc(O)c(Cl)c1)=N/O. The van der Waals surface area contributed by atoms with Crippen LogP contribution in [0.5, 0.6) is 5.75 Å². The van der Waals surface area contributed by atoms with E-state index in [4.69, 9.17) is 21.2 Å². The lowest BCUT2D eigenvalue weighted by Crippen LogP contribution is -2.33. The molecule has 0 radical (unpaired) electrons. The van der Waals surface area contributed by atoms with Gasteiger partial charge in [-0.15, -0.1) is 0 Å². The standard InChI is InChI=1S/C16H17ClN2O4S2/c1-10-4-6-23-16(10)25-24-7-5-18-15(21)13(19-22)9-11-2-3-14(20)12(17)8-11/h2-4,6,8,20,22H,5,7,9H2,1H3,(H,18,21)/b19-13+. The molecule has 9 heteroatoms. The van der Waals surface area contributed by atoms with Crippen LogP contribution in [0.2, 0.25) is 5.02 Å². The molecule has 3 N–H and O–H groups in total. The number of nitrogens with zero attached hydrogens (tertiary/aromatic N) is 1. The minimum Gasteiger partial charge on any atom is -0.506 e. The molecule has 1 heterocycles. The van der Waals surface area contributed by atoms with Gasteiger partial charge in [-0.3, -0.25) is 4.79 Å². The summed E-state index contributed by atoms with van der Waals surface area (Å²) in [5, 5.41) is 25.2. The summed E-state index contributed by atoms with van der Waals surface area (Å²) in [4.78, 5) is 12.1. The van der Waals surface area contributed by atoms with Crippen molar-refractivity contribution in [2.24, 2.45) is 5.16 Å². The van der Waals surface area contributed by atoms with Crippen molar-refractivity contribution < 1.29 is 19.5 Å². The van der Waals surface area contributed by atoms with Gasteiger partial charge >= 0.3 is 0 Å². The molecule has 1 aromatic heterocycles. The summed E-state index contributed by atoms with van der Waals surface area (Å²) in [6.45, 7) is 2.39. The third kappa shape index (κ3) is 5.91. The third-order valence-electron chi connectivity index (χ3n) is 3.19. The molecule has 0 atom stereocenters. The highest BCUT2D eigenvalue weighted by atomic mass is 35.5. The smallest absolute Gasteiger partial charge is 0.269 e. The summed E-state index contributed by atoms with van der Waals surface area (Å²) < 4.78 is 5.31. The minimum absolute atomic E-state index is 0.0266. The van der Waals surface area contributed by atoms with Crippen LogP contribution in [0, 0.1) is 6.92 Å². The molecule has 2 rings (SSSR count). The Bertz CT molecular complexity index is 764. The van der Waals surface area contributed by atoms with Crippen molar-refractivity contribution >= 4 is 44.8 Å². The fraction of sp³-hybridized carbons (Fsp3) is 0.250. The maximum atomic E-state index is 12.1. The Kier molecular flexibility index (Phi) is 7.54. The first-order valence-electron chi connectivity index (χ1n) is 7.31. The van der Waals surface area contributed by atoms with Gasteiger partial charge in [0.05, 0.1) is 11.3 Å². The number of halogens is 1. The normalized spacial score (nSPS) is 11.5. The van der Waals surface area contributed by atoms with Crippen molar-refractivity contribution in [2.45, 2.75) is 18.4 Å². The minimum atomic E-state index is -0.452. The lowest BCUT2D eigenvalue weighted by Gasteiger charge is -2.07. The number of carbonyl (C=O) groups excluding carboxylic acids is 1. The number of carbonyl (C=O) groups is 1. The number of hydrogen-bond acceptors (Lipinski definition) is 7. The quantitative estimate of drug-likeness (QED) is 0.205. The molecule has 134 valence electrons. The molecule has 0 saturated carbocycles. The van der Waals surface area contributed by atoms with Crippen LogP contribution in [0.25, 0.3) is 0 Å². The summed E-state index contributed by atoms with van der Waals surface area (Å²) in [6.07, 6.45) is 1.75. The summed E-state index contributed by atoms with van der Waals surface area (Å²) in [5.74, 6) is 0.172. The molecule has 0 unspecified atom stereocenters. The summed E-state index contributed by atoms with van der Waals surface area (Å²) >= 11 is 5.83. The Morgan fingerprint density at radius 1 is 1.40 bits per heavy atom. The van der Waals surface area contributed by atoms with Gasteiger partial charge in [0.15, 0.2) is 5.09 Å². The molecular formula is C16H17ClN2O4S2. The molecule has 0 aliphatic carbocycles. The molecule has 0 aliphatic rings. The monoisotopic (exact) mass is 400 g/mol. The van der Waals surface area contributed by atoms with Crippen LogP contribution in [0.1, 0.15) is 11.1 Å². The van der Waals surface area contributed by atoms with Gasteiger partial charge in [-0.05, 0) is 41.5 Å². The van der Waals surface area contributed by atoms with Crippen molar-refractivity contribution in [3.63, 3.8) is 0 Å². The number of rotatable bonds is 8. The average molecular weight is 401 g/mol. The fourth-order valence-electron chi connectivity index (χ4n) is 1.86. The molecule has 0 bridgehead atoms. The van der Waals surface area contributed by atoms with Gasteiger partial charge in [0.25, 0.3) is 5.91 Å². The highest BCUT2D eigenvalue weighted by Crippen LogP contribution is 2.33. The van der Waals surface area contributed by atoms with Crippen LogP contribution in [0.3, 0.4) is 0 Å². The molecule has 25 heavy (non-hydrogen) atoms. The summed E-state index contributed by atoms with van der Waals surface area (Å²) in [5.41, 5.74) is 1.70. The highest BCUT2D eigenvalue weighted by Gasteiger charge is 2.13. The van der Waals surface area contributed by atoms with Crippen LogP contribution in [0.15, 0.2) is 45.2 Å². The number of phenolic OH excluding ortho intramolecular Hbond substituents is 1.